The van der Waals surface area contributed by atoms with E-state index in [0.717, 1.165) is 11.0 Å². The van der Waals surface area contributed by atoms with Gasteiger partial charge >= 0.3 is 5.97 Å². The van der Waals surface area contributed by atoms with E-state index < -0.39 is 51.0 Å². The lowest BCUT2D eigenvalue weighted by molar-refractivity contribution is -0.385. The summed E-state index contributed by atoms with van der Waals surface area (Å²) < 4.78 is 5.18. The smallest absolute Gasteiger partial charge is 0.325 e. The number of methoxy groups -OCH3 is 1. The van der Waals surface area contributed by atoms with Crippen molar-refractivity contribution in [2.75, 3.05) is 12.0 Å². The van der Waals surface area contributed by atoms with Gasteiger partial charge in [0, 0.05) is 42.3 Å². The number of nitrogens with one attached hydrogen (secondary N) is 1. The van der Waals surface area contributed by atoms with E-state index in [0.29, 0.717) is 5.56 Å². The molecule has 0 aromatic heterocycles. The molecule has 0 aliphatic carbocycles. The highest BCUT2D eigenvalue weighted by atomic mass is 16.6. The fraction of sp³-hybridized carbons (Fsp3) is 0.222. The molecule has 4 unspecified atom stereocenters. The van der Waals surface area contributed by atoms with Gasteiger partial charge in [0.2, 0.25) is 11.8 Å². The number of hydrogen-bond acceptors (Lipinski definition) is 10. The quantitative estimate of drug-likeness (QED) is 0.207. The Kier molecular flexibility index (Phi) is 6.63. The Balaban J connectivity index is 1.67. The van der Waals surface area contributed by atoms with E-state index >= 15 is 0 Å². The van der Waals surface area contributed by atoms with Crippen molar-refractivity contribution in [1.82, 2.24) is 5.32 Å². The highest BCUT2D eigenvalue weighted by Gasteiger charge is 2.69. The maximum Gasteiger partial charge on any atom is 0.325 e. The molecule has 0 saturated carbocycles. The molecule has 2 aliphatic heterocycles. The van der Waals surface area contributed by atoms with E-state index in [1.807, 2.05) is 0 Å². The van der Waals surface area contributed by atoms with Gasteiger partial charge in [-0.1, -0.05) is 30.3 Å². The van der Waals surface area contributed by atoms with E-state index in [2.05, 4.69) is 5.32 Å². The number of carbonyl (C=O) groups is 3. The monoisotopic (exact) mass is 562 g/mol. The standard InChI is InChI=1S/C27H22N4O10/c1-41-19-7-3-6-18(23(19)32)22-20-21(25(34)29(24(20)33)16-4-2-5-17(12-16)31(39)40)27(28-22,26(35)36)13-14-8-10-15(11-9-14)30(37)38/h2-12,20-22,28,32H,13H2,1H3,(H,35,36). The molecule has 41 heavy (non-hydrogen) atoms. The van der Waals surface area contributed by atoms with Crippen LogP contribution in [-0.2, 0) is 20.8 Å². The van der Waals surface area contributed by atoms with Crippen molar-refractivity contribution in [2.45, 2.75) is 18.0 Å². The highest BCUT2D eigenvalue weighted by molar-refractivity contribution is 6.24. The Morgan fingerprint density at radius 3 is 2.27 bits per heavy atom. The Bertz CT molecular complexity index is 1610. The molecule has 4 atom stereocenters. The number of benzene rings is 3. The number of ether oxygens (including phenoxy) is 1. The van der Waals surface area contributed by atoms with Crippen LogP contribution in [0.4, 0.5) is 17.1 Å². The van der Waals surface area contributed by atoms with Crippen LogP contribution in [0.2, 0.25) is 0 Å². The van der Waals surface area contributed by atoms with Gasteiger partial charge in [-0.25, -0.2) is 4.90 Å². The number of amides is 2. The number of non-ortho nitro benzene ring substituents is 2. The molecule has 2 aliphatic rings. The van der Waals surface area contributed by atoms with Crippen molar-refractivity contribution in [3.63, 3.8) is 0 Å². The lowest BCUT2D eigenvalue weighted by Crippen LogP contribution is -2.57. The lowest BCUT2D eigenvalue weighted by atomic mass is 9.76. The van der Waals surface area contributed by atoms with E-state index in [9.17, 15) is 44.8 Å². The largest absolute Gasteiger partial charge is 0.504 e. The summed E-state index contributed by atoms with van der Waals surface area (Å²) in [7, 11) is 1.31. The molecule has 0 bridgehead atoms. The van der Waals surface area contributed by atoms with Gasteiger partial charge in [-0.2, -0.15) is 0 Å². The van der Waals surface area contributed by atoms with Gasteiger partial charge in [0.15, 0.2) is 11.5 Å². The highest BCUT2D eigenvalue weighted by Crippen LogP contribution is 2.53. The zero-order valence-corrected chi connectivity index (χ0v) is 21.3. The molecule has 0 radical (unpaired) electrons. The first-order chi connectivity index (χ1) is 19.5. The minimum Gasteiger partial charge on any atom is -0.504 e. The number of aromatic hydroxyl groups is 1. The van der Waals surface area contributed by atoms with Crippen LogP contribution in [0.5, 0.6) is 11.5 Å². The molecule has 2 saturated heterocycles. The summed E-state index contributed by atoms with van der Waals surface area (Å²) >= 11 is 0. The number of fused-ring (bicyclic) bond motifs is 1. The van der Waals surface area contributed by atoms with Gasteiger partial charge in [-0.15, -0.1) is 0 Å². The molecule has 210 valence electrons. The van der Waals surface area contributed by atoms with Crippen molar-refractivity contribution in [3.05, 3.63) is 98.1 Å². The average Bonchev–Trinajstić information content (AvgIpc) is 3.42. The van der Waals surface area contributed by atoms with Crippen molar-refractivity contribution >= 4 is 34.8 Å². The van der Waals surface area contributed by atoms with E-state index in [1.54, 1.807) is 0 Å². The summed E-state index contributed by atoms with van der Waals surface area (Å²) in [5.41, 5.74) is -2.38. The van der Waals surface area contributed by atoms with E-state index in [-0.39, 0.29) is 40.5 Å². The maximum atomic E-state index is 14.0. The third kappa shape index (κ3) is 4.30. The summed E-state index contributed by atoms with van der Waals surface area (Å²) in [6.45, 7) is 0. The predicted octanol–water partition coefficient (Wildman–Crippen LogP) is 2.73. The molecule has 2 heterocycles. The number of imide groups is 1. The van der Waals surface area contributed by atoms with Gasteiger partial charge in [0.1, 0.15) is 5.54 Å². The number of rotatable bonds is 8. The number of carboxylic acids is 1. The van der Waals surface area contributed by atoms with Crippen LogP contribution < -0.4 is 15.0 Å². The van der Waals surface area contributed by atoms with Crippen LogP contribution >= 0.6 is 0 Å². The van der Waals surface area contributed by atoms with E-state index in [4.69, 9.17) is 4.74 Å². The molecule has 0 spiro atoms. The number of anilines is 1. The van der Waals surface area contributed by atoms with Crippen molar-refractivity contribution in [2.24, 2.45) is 11.8 Å². The van der Waals surface area contributed by atoms with Gasteiger partial charge in [0.25, 0.3) is 11.4 Å². The number of aliphatic carboxylic acids is 1. The number of phenols is 1. The topological polar surface area (TPSA) is 202 Å². The fourth-order valence-corrected chi connectivity index (χ4v) is 5.72. The molecule has 3 aromatic rings. The number of carbonyl (C=O) groups excluding carboxylic acids is 2. The van der Waals surface area contributed by atoms with Crippen LogP contribution in [0.1, 0.15) is 17.2 Å². The predicted molar refractivity (Wildman–Crippen MR) is 140 cm³/mol. The lowest BCUT2D eigenvalue weighted by Gasteiger charge is -2.31. The number of nitro groups is 2. The minimum absolute atomic E-state index is 0.0522. The second-order valence-corrected chi connectivity index (χ2v) is 9.69. The fourth-order valence-electron chi connectivity index (χ4n) is 5.72. The summed E-state index contributed by atoms with van der Waals surface area (Å²) in [5, 5.41) is 46.9. The Hall–Kier alpha value is -5.37. The third-order valence-electron chi connectivity index (χ3n) is 7.55. The number of nitrogens with zero attached hydrogens (tertiary/aromatic N) is 3. The summed E-state index contributed by atoms with van der Waals surface area (Å²) in [6.07, 6.45) is -0.357. The van der Waals surface area contributed by atoms with Gasteiger partial charge in [-0.05, 0) is 17.7 Å². The van der Waals surface area contributed by atoms with Crippen LogP contribution in [0.3, 0.4) is 0 Å². The molecule has 3 N–H and O–H groups in total. The number of carboxylic acid groups (broad SMARTS) is 1. The SMILES string of the molecule is COc1cccc(C2NC(Cc3ccc([N+](=O)[O-])cc3)(C(=O)O)C3C(=O)N(c4cccc([N+](=O)[O-])c4)C(=O)C23)c1O. The van der Waals surface area contributed by atoms with Crippen LogP contribution in [0.25, 0.3) is 0 Å². The molecule has 2 fully saturated rings. The number of phenolic OH excluding ortho intramolecular Hbond substituents is 1. The van der Waals surface area contributed by atoms with E-state index in [1.165, 1.54) is 67.8 Å². The van der Waals surface area contributed by atoms with Crippen LogP contribution in [0.15, 0.2) is 66.7 Å². The first-order valence-corrected chi connectivity index (χ1v) is 12.2. The first kappa shape index (κ1) is 27.2. The molecule has 14 nitrogen and oxygen atoms in total. The third-order valence-corrected chi connectivity index (χ3v) is 7.55. The molecular weight excluding hydrogens is 540 g/mol. The Labute approximate surface area is 231 Å². The summed E-state index contributed by atoms with van der Waals surface area (Å²) in [5.74, 6) is -6.35. The zero-order chi connectivity index (χ0) is 29.6. The van der Waals surface area contributed by atoms with Crippen molar-refractivity contribution < 1.29 is 39.2 Å². The maximum absolute atomic E-state index is 14.0. The van der Waals surface area contributed by atoms with Crippen molar-refractivity contribution in [1.29, 1.82) is 0 Å². The summed E-state index contributed by atoms with van der Waals surface area (Å²) in [4.78, 5) is 62.9. The van der Waals surface area contributed by atoms with Gasteiger partial charge in [0.05, 0.1) is 34.5 Å². The Morgan fingerprint density at radius 2 is 1.66 bits per heavy atom. The first-order valence-electron chi connectivity index (χ1n) is 12.2. The zero-order valence-electron chi connectivity index (χ0n) is 21.3. The number of para-hydroxylation sites is 1. The number of hydrogen-bond donors (Lipinski definition) is 3. The molecule has 3 aromatic carbocycles. The molecular formula is C27H22N4O10. The average molecular weight is 562 g/mol. The normalized spacial score (nSPS) is 23.3. The Morgan fingerprint density at radius 1 is 1.00 bits per heavy atom. The molecule has 2 amide bonds. The van der Waals surface area contributed by atoms with Crippen LogP contribution in [0, 0.1) is 32.1 Å². The molecule has 14 heteroatoms. The van der Waals surface area contributed by atoms with Crippen molar-refractivity contribution in [3.8, 4) is 11.5 Å². The number of nitro benzene ring substituents is 2. The van der Waals surface area contributed by atoms with Gasteiger partial charge in [-0.3, -0.25) is 39.9 Å². The van der Waals surface area contributed by atoms with Gasteiger partial charge < -0.3 is 14.9 Å². The summed E-state index contributed by atoms with van der Waals surface area (Å²) in [6, 6.07) is 13.2. The minimum atomic E-state index is -2.11. The second kappa shape index (κ2) is 9.98. The van der Waals surface area contributed by atoms with Crippen LogP contribution in [-0.4, -0.2) is 50.5 Å². The molecule has 5 rings (SSSR count). The second-order valence-electron chi connectivity index (χ2n) is 9.69.